The largest absolute Gasteiger partial charge is 0.381 e. The van der Waals surface area contributed by atoms with Crippen LogP contribution in [0.3, 0.4) is 0 Å². The summed E-state index contributed by atoms with van der Waals surface area (Å²) >= 11 is 0. The molecule has 2 nitrogen and oxygen atoms in total. The van der Waals surface area contributed by atoms with Gasteiger partial charge in [0.15, 0.2) is 0 Å². The normalized spacial score (nSPS) is 26.9. The molecule has 0 bridgehead atoms. The van der Waals surface area contributed by atoms with Crippen molar-refractivity contribution < 1.29 is 4.74 Å². The molecule has 14 heavy (non-hydrogen) atoms. The quantitative estimate of drug-likeness (QED) is 0.536. The Hall–Kier alpha value is -0.340. The summed E-state index contributed by atoms with van der Waals surface area (Å²) in [7, 11) is 0. The number of allylic oxidation sites excluding steroid dienone is 1. The summed E-state index contributed by atoms with van der Waals surface area (Å²) in [5.74, 6) is 0.771. The van der Waals surface area contributed by atoms with Crippen molar-refractivity contribution in [2.24, 2.45) is 5.92 Å². The third-order valence-electron chi connectivity index (χ3n) is 3.21. The Labute approximate surface area is 86.7 Å². The average Bonchev–Trinajstić information content (AvgIpc) is 2.86. The van der Waals surface area contributed by atoms with Crippen LogP contribution in [-0.2, 0) is 4.74 Å². The fraction of sp³-hybridized carbons (Fsp3) is 0.833. The number of rotatable bonds is 5. The van der Waals surface area contributed by atoms with E-state index in [1.165, 1.54) is 32.1 Å². The molecule has 1 aliphatic carbocycles. The summed E-state index contributed by atoms with van der Waals surface area (Å²) in [6.07, 6.45) is 8.95. The predicted octanol–water partition coefficient (Wildman–Crippen LogP) is 2.11. The number of hydrogen-bond acceptors (Lipinski definition) is 2. The van der Waals surface area contributed by atoms with Gasteiger partial charge < -0.3 is 10.1 Å². The molecule has 0 amide bonds. The van der Waals surface area contributed by atoms with Crippen LogP contribution in [-0.4, -0.2) is 26.3 Å². The van der Waals surface area contributed by atoms with E-state index in [0.717, 1.165) is 32.2 Å². The first-order valence-corrected chi connectivity index (χ1v) is 5.91. The molecular weight excluding hydrogens is 174 g/mol. The number of nitrogens with one attached hydrogen (secondary N) is 1. The van der Waals surface area contributed by atoms with Crippen LogP contribution in [0.15, 0.2) is 11.6 Å². The van der Waals surface area contributed by atoms with Crippen LogP contribution in [0.1, 0.15) is 32.1 Å². The maximum absolute atomic E-state index is 5.34. The van der Waals surface area contributed by atoms with Crippen molar-refractivity contribution in [2.45, 2.75) is 32.1 Å². The molecule has 2 heteroatoms. The lowest BCUT2D eigenvalue weighted by Crippen LogP contribution is -2.24. The van der Waals surface area contributed by atoms with Gasteiger partial charge >= 0.3 is 0 Å². The fourth-order valence-corrected chi connectivity index (χ4v) is 2.26. The first kappa shape index (κ1) is 10.2. The van der Waals surface area contributed by atoms with Crippen molar-refractivity contribution in [3.05, 3.63) is 11.6 Å². The van der Waals surface area contributed by atoms with Crippen molar-refractivity contribution in [2.75, 3.05) is 26.3 Å². The number of hydrogen-bond donors (Lipinski definition) is 1. The molecule has 1 atom stereocenters. The van der Waals surface area contributed by atoms with Crippen LogP contribution in [0.5, 0.6) is 0 Å². The van der Waals surface area contributed by atoms with Gasteiger partial charge in [-0.2, -0.15) is 0 Å². The van der Waals surface area contributed by atoms with Crippen molar-refractivity contribution in [3.63, 3.8) is 0 Å². The lowest BCUT2D eigenvalue weighted by atomic mass is 10.1. The molecule has 2 rings (SSSR count). The van der Waals surface area contributed by atoms with Gasteiger partial charge in [-0.05, 0) is 44.6 Å². The Morgan fingerprint density at radius 3 is 3.21 bits per heavy atom. The molecule has 0 aromatic heterocycles. The molecule has 0 radical (unpaired) electrons. The van der Waals surface area contributed by atoms with Gasteiger partial charge in [-0.15, -0.1) is 0 Å². The lowest BCUT2D eigenvalue weighted by molar-refractivity contribution is 0.185. The zero-order valence-electron chi connectivity index (χ0n) is 8.93. The summed E-state index contributed by atoms with van der Waals surface area (Å²) in [4.78, 5) is 0. The minimum absolute atomic E-state index is 0.771. The Morgan fingerprint density at radius 1 is 1.50 bits per heavy atom. The molecule has 1 saturated heterocycles. The topological polar surface area (TPSA) is 21.3 Å². The van der Waals surface area contributed by atoms with Crippen molar-refractivity contribution in [1.29, 1.82) is 0 Å². The van der Waals surface area contributed by atoms with Gasteiger partial charge in [0.2, 0.25) is 0 Å². The second-order valence-corrected chi connectivity index (χ2v) is 4.44. The summed E-state index contributed by atoms with van der Waals surface area (Å²) < 4.78 is 5.34. The molecule has 0 spiro atoms. The van der Waals surface area contributed by atoms with Crippen LogP contribution in [0.4, 0.5) is 0 Å². The zero-order valence-corrected chi connectivity index (χ0v) is 8.93. The van der Waals surface area contributed by atoms with E-state index in [1.54, 1.807) is 5.57 Å². The minimum Gasteiger partial charge on any atom is -0.381 e. The molecule has 80 valence electrons. The van der Waals surface area contributed by atoms with Crippen LogP contribution in [0, 0.1) is 5.92 Å². The Morgan fingerprint density at radius 2 is 2.50 bits per heavy atom. The van der Waals surface area contributed by atoms with E-state index in [9.17, 15) is 0 Å². The lowest BCUT2D eigenvalue weighted by Gasteiger charge is -2.09. The Bertz CT molecular complexity index is 194. The number of ether oxygens (including phenoxy) is 1. The van der Waals surface area contributed by atoms with Gasteiger partial charge in [0.25, 0.3) is 0 Å². The highest BCUT2D eigenvalue weighted by molar-refractivity contribution is 5.07. The van der Waals surface area contributed by atoms with Crippen molar-refractivity contribution >= 4 is 0 Å². The van der Waals surface area contributed by atoms with Crippen LogP contribution < -0.4 is 5.32 Å². The minimum atomic E-state index is 0.771. The standard InChI is InChI=1S/C12H21NO/c1-2-4-11(3-1)5-7-13-9-12-6-8-14-10-12/h3,12-13H,1-2,4-10H2. The van der Waals surface area contributed by atoms with Gasteiger partial charge in [0, 0.05) is 13.2 Å². The molecule has 2 aliphatic rings. The molecule has 0 aromatic rings. The van der Waals surface area contributed by atoms with E-state index >= 15 is 0 Å². The third-order valence-corrected chi connectivity index (χ3v) is 3.21. The Balaban J connectivity index is 1.50. The third kappa shape index (κ3) is 3.10. The monoisotopic (exact) mass is 195 g/mol. The first-order chi connectivity index (χ1) is 6.95. The van der Waals surface area contributed by atoms with E-state index in [0.29, 0.717) is 0 Å². The summed E-state index contributed by atoms with van der Waals surface area (Å²) in [5, 5.41) is 3.53. The average molecular weight is 195 g/mol. The van der Waals surface area contributed by atoms with Gasteiger partial charge in [-0.1, -0.05) is 11.6 Å². The van der Waals surface area contributed by atoms with Gasteiger partial charge in [0.1, 0.15) is 0 Å². The van der Waals surface area contributed by atoms with Gasteiger partial charge in [-0.3, -0.25) is 0 Å². The van der Waals surface area contributed by atoms with Crippen LogP contribution in [0.25, 0.3) is 0 Å². The van der Waals surface area contributed by atoms with Crippen LogP contribution >= 0.6 is 0 Å². The predicted molar refractivity (Wildman–Crippen MR) is 58.3 cm³/mol. The van der Waals surface area contributed by atoms with Crippen LogP contribution in [0.2, 0.25) is 0 Å². The second-order valence-electron chi connectivity index (χ2n) is 4.44. The first-order valence-electron chi connectivity index (χ1n) is 5.91. The molecule has 1 aliphatic heterocycles. The molecule has 1 fully saturated rings. The highest BCUT2D eigenvalue weighted by Crippen LogP contribution is 2.19. The molecule has 1 unspecified atom stereocenters. The van der Waals surface area contributed by atoms with Gasteiger partial charge in [0.05, 0.1) is 6.61 Å². The summed E-state index contributed by atoms with van der Waals surface area (Å²) in [5.41, 5.74) is 1.67. The molecule has 1 heterocycles. The second kappa shape index (κ2) is 5.52. The molecule has 0 saturated carbocycles. The van der Waals surface area contributed by atoms with E-state index in [1.807, 2.05) is 0 Å². The van der Waals surface area contributed by atoms with E-state index in [2.05, 4.69) is 11.4 Å². The van der Waals surface area contributed by atoms with E-state index in [4.69, 9.17) is 4.74 Å². The van der Waals surface area contributed by atoms with Crippen molar-refractivity contribution in [1.82, 2.24) is 5.32 Å². The molecular formula is C12H21NO. The SMILES string of the molecule is C1=C(CCNCC2CCOC2)CCC1. The van der Waals surface area contributed by atoms with Gasteiger partial charge in [-0.25, -0.2) is 0 Å². The maximum atomic E-state index is 5.34. The summed E-state index contributed by atoms with van der Waals surface area (Å²) in [6.45, 7) is 4.24. The summed E-state index contributed by atoms with van der Waals surface area (Å²) in [6, 6.07) is 0. The fourth-order valence-electron chi connectivity index (χ4n) is 2.26. The highest BCUT2D eigenvalue weighted by atomic mass is 16.5. The Kier molecular flexibility index (Phi) is 4.02. The molecule has 0 aromatic carbocycles. The van der Waals surface area contributed by atoms with Crippen molar-refractivity contribution in [3.8, 4) is 0 Å². The molecule has 1 N–H and O–H groups in total. The van der Waals surface area contributed by atoms with E-state index < -0.39 is 0 Å². The smallest absolute Gasteiger partial charge is 0.0507 e. The highest BCUT2D eigenvalue weighted by Gasteiger charge is 2.14. The van der Waals surface area contributed by atoms with E-state index in [-0.39, 0.29) is 0 Å². The maximum Gasteiger partial charge on any atom is 0.0507 e. The zero-order chi connectivity index (χ0) is 9.64.